The van der Waals surface area contributed by atoms with E-state index < -0.39 is 18.0 Å². The normalized spacial score (nSPS) is 11.9. The lowest BCUT2D eigenvalue weighted by atomic mass is 10.2. The minimum atomic E-state index is -1.03. The average molecular weight is 257 g/mol. The van der Waals surface area contributed by atoms with Crippen molar-refractivity contribution < 1.29 is 14.7 Å². The monoisotopic (exact) mass is 257 g/mol. The molecule has 0 aliphatic carbocycles. The number of aliphatic carboxylic acids is 1. The molecule has 0 saturated heterocycles. The summed E-state index contributed by atoms with van der Waals surface area (Å²) in [7, 11) is 0. The molecule has 0 fully saturated rings. The van der Waals surface area contributed by atoms with Crippen molar-refractivity contribution >= 4 is 23.3 Å². The smallest absolute Gasteiger partial charge is 0.326 e. The van der Waals surface area contributed by atoms with E-state index in [1.165, 1.54) is 11.3 Å². The first-order valence-corrected chi connectivity index (χ1v) is 6.03. The van der Waals surface area contributed by atoms with E-state index in [0.717, 1.165) is 9.88 Å². The molecule has 1 unspecified atom stereocenters. The molecule has 6 nitrogen and oxygen atoms in total. The molecule has 0 aliphatic rings. The second kappa shape index (κ2) is 6.19. The molecular weight excluding hydrogens is 242 g/mol. The van der Waals surface area contributed by atoms with Crippen LogP contribution in [0, 0.1) is 6.92 Å². The molecule has 94 valence electrons. The van der Waals surface area contributed by atoms with Crippen LogP contribution in [0.2, 0.25) is 0 Å². The summed E-state index contributed by atoms with van der Waals surface area (Å²) in [5, 5.41) is 14.7. The quantitative estimate of drug-likeness (QED) is 0.737. The van der Waals surface area contributed by atoms with Gasteiger partial charge >= 0.3 is 12.0 Å². The maximum Gasteiger partial charge on any atom is 0.326 e. The number of nitrogens with one attached hydrogen (secondary N) is 2. The first kappa shape index (κ1) is 13.4. The molecule has 1 atom stereocenters. The van der Waals surface area contributed by atoms with Gasteiger partial charge in [0.2, 0.25) is 0 Å². The third-order valence-electron chi connectivity index (χ3n) is 2.10. The van der Waals surface area contributed by atoms with Crippen molar-refractivity contribution in [1.82, 2.24) is 15.6 Å². The minimum Gasteiger partial charge on any atom is -0.480 e. The van der Waals surface area contributed by atoms with Crippen LogP contribution in [0.4, 0.5) is 4.79 Å². The van der Waals surface area contributed by atoms with Crippen molar-refractivity contribution in [2.45, 2.75) is 32.9 Å². The van der Waals surface area contributed by atoms with Gasteiger partial charge in [0.1, 0.15) is 6.04 Å². The fourth-order valence-electron chi connectivity index (χ4n) is 1.20. The Morgan fingerprint density at radius 1 is 1.59 bits per heavy atom. The zero-order valence-electron chi connectivity index (χ0n) is 9.69. The van der Waals surface area contributed by atoms with Crippen LogP contribution in [0.1, 0.15) is 23.2 Å². The van der Waals surface area contributed by atoms with Crippen LogP contribution in [0.25, 0.3) is 0 Å². The summed E-state index contributed by atoms with van der Waals surface area (Å²) < 4.78 is 0. The molecule has 0 saturated carbocycles. The zero-order valence-corrected chi connectivity index (χ0v) is 10.5. The molecule has 0 spiro atoms. The molecule has 0 aliphatic heterocycles. The van der Waals surface area contributed by atoms with E-state index in [-0.39, 0.29) is 0 Å². The van der Waals surface area contributed by atoms with Gasteiger partial charge in [0, 0.05) is 11.1 Å². The Morgan fingerprint density at radius 3 is 2.76 bits per heavy atom. The van der Waals surface area contributed by atoms with Gasteiger partial charge in [0.25, 0.3) is 0 Å². The highest BCUT2D eigenvalue weighted by atomic mass is 32.1. The Balaban J connectivity index is 2.37. The Labute approximate surface area is 103 Å². The number of thiazole rings is 1. The van der Waals surface area contributed by atoms with Crippen molar-refractivity contribution in [1.29, 1.82) is 0 Å². The van der Waals surface area contributed by atoms with Crippen LogP contribution < -0.4 is 10.6 Å². The van der Waals surface area contributed by atoms with Gasteiger partial charge in [0.05, 0.1) is 11.6 Å². The number of urea groups is 1. The maximum absolute atomic E-state index is 11.4. The van der Waals surface area contributed by atoms with Gasteiger partial charge in [-0.3, -0.25) is 0 Å². The van der Waals surface area contributed by atoms with E-state index in [2.05, 4.69) is 15.6 Å². The average Bonchev–Trinajstić information content (AvgIpc) is 2.68. The van der Waals surface area contributed by atoms with Crippen molar-refractivity contribution in [3.8, 4) is 0 Å². The second-order valence-corrected chi connectivity index (χ2v) is 4.79. The highest BCUT2D eigenvalue weighted by molar-refractivity contribution is 7.11. The molecule has 0 radical (unpaired) electrons. The summed E-state index contributed by atoms with van der Waals surface area (Å²) in [6, 6.07) is -1.33. The van der Waals surface area contributed by atoms with Crippen molar-refractivity contribution in [2.75, 3.05) is 0 Å². The van der Waals surface area contributed by atoms with Crippen LogP contribution in [0.3, 0.4) is 0 Å². The number of amides is 2. The third kappa shape index (κ3) is 4.39. The number of hydrogen-bond donors (Lipinski definition) is 3. The Morgan fingerprint density at radius 2 is 2.29 bits per heavy atom. The summed E-state index contributed by atoms with van der Waals surface area (Å²) in [6.07, 6.45) is 2.04. The molecule has 7 heteroatoms. The Hall–Kier alpha value is -1.63. The van der Waals surface area contributed by atoms with Crippen LogP contribution in [-0.2, 0) is 11.3 Å². The molecule has 1 aromatic heterocycles. The lowest BCUT2D eigenvalue weighted by molar-refractivity contribution is -0.139. The Kier molecular flexibility index (Phi) is 4.89. The fourth-order valence-corrected chi connectivity index (χ4v) is 1.94. The molecule has 0 bridgehead atoms. The SMILES string of the molecule is CCC(NC(=O)NCc1cnc(C)s1)C(=O)O. The first-order valence-electron chi connectivity index (χ1n) is 5.21. The standard InChI is InChI=1S/C10H15N3O3S/c1-3-8(9(14)15)13-10(16)12-5-7-4-11-6(2)17-7/h4,8H,3,5H2,1-2H3,(H,14,15)(H2,12,13,16). The largest absolute Gasteiger partial charge is 0.480 e. The highest BCUT2D eigenvalue weighted by Gasteiger charge is 2.17. The van der Waals surface area contributed by atoms with E-state index in [0.29, 0.717) is 13.0 Å². The molecule has 1 rings (SSSR count). The molecule has 1 heterocycles. The predicted octanol–water partition coefficient (Wildman–Crippen LogP) is 1.11. The molecule has 1 aromatic rings. The number of carboxylic acid groups (broad SMARTS) is 1. The van der Waals surface area contributed by atoms with Gasteiger partial charge < -0.3 is 15.7 Å². The predicted molar refractivity (Wildman–Crippen MR) is 63.9 cm³/mol. The number of carbonyl (C=O) groups is 2. The van der Waals surface area contributed by atoms with Crippen LogP contribution in [-0.4, -0.2) is 28.1 Å². The summed E-state index contributed by atoms with van der Waals surface area (Å²) in [5.74, 6) is -1.03. The van der Waals surface area contributed by atoms with Gasteiger partial charge in [-0.05, 0) is 13.3 Å². The van der Waals surface area contributed by atoms with E-state index in [1.54, 1.807) is 13.1 Å². The van der Waals surface area contributed by atoms with E-state index in [1.807, 2.05) is 6.92 Å². The topological polar surface area (TPSA) is 91.3 Å². The number of carboxylic acids is 1. The Bertz CT molecular complexity index is 405. The van der Waals surface area contributed by atoms with Crippen LogP contribution in [0.5, 0.6) is 0 Å². The highest BCUT2D eigenvalue weighted by Crippen LogP contribution is 2.10. The van der Waals surface area contributed by atoms with Gasteiger partial charge in [-0.15, -0.1) is 11.3 Å². The van der Waals surface area contributed by atoms with Crippen LogP contribution >= 0.6 is 11.3 Å². The van der Waals surface area contributed by atoms with Gasteiger partial charge in [-0.1, -0.05) is 6.92 Å². The van der Waals surface area contributed by atoms with Crippen molar-refractivity contribution in [3.63, 3.8) is 0 Å². The summed E-state index contributed by atoms with van der Waals surface area (Å²) in [4.78, 5) is 27.1. The maximum atomic E-state index is 11.4. The molecule has 3 N–H and O–H groups in total. The fraction of sp³-hybridized carbons (Fsp3) is 0.500. The molecule has 0 aromatic carbocycles. The van der Waals surface area contributed by atoms with Crippen molar-refractivity contribution in [3.05, 3.63) is 16.1 Å². The minimum absolute atomic E-state index is 0.350. The molecule has 2 amide bonds. The molecule has 17 heavy (non-hydrogen) atoms. The van der Waals surface area contributed by atoms with Gasteiger partial charge in [0.15, 0.2) is 0 Å². The number of carbonyl (C=O) groups excluding carboxylic acids is 1. The second-order valence-electron chi connectivity index (χ2n) is 3.47. The lowest BCUT2D eigenvalue weighted by Crippen LogP contribution is -2.45. The third-order valence-corrected chi connectivity index (χ3v) is 3.02. The lowest BCUT2D eigenvalue weighted by Gasteiger charge is -2.12. The van der Waals surface area contributed by atoms with Crippen molar-refractivity contribution in [2.24, 2.45) is 0 Å². The first-order chi connectivity index (χ1) is 8.02. The van der Waals surface area contributed by atoms with Gasteiger partial charge in [-0.25, -0.2) is 14.6 Å². The van der Waals surface area contributed by atoms with E-state index in [9.17, 15) is 9.59 Å². The summed E-state index contributed by atoms with van der Waals surface area (Å²) in [6.45, 7) is 3.94. The number of aromatic nitrogens is 1. The number of aryl methyl sites for hydroxylation is 1. The number of hydrogen-bond acceptors (Lipinski definition) is 4. The van der Waals surface area contributed by atoms with E-state index in [4.69, 9.17) is 5.11 Å². The molecular formula is C10H15N3O3S. The summed E-state index contributed by atoms with van der Waals surface area (Å²) >= 11 is 1.49. The summed E-state index contributed by atoms with van der Waals surface area (Å²) in [5.41, 5.74) is 0. The van der Waals surface area contributed by atoms with Gasteiger partial charge in [-0.2, -0.15) is 0 Å². The zero-order chi connectivity index (χ0) is 12.8. The van der Waals surface area contributed by atoms with E-state index >= 15 is 0 Å². The number of rotatable bonds is 5. The van der Waals surface area contributed by atoms with Crippen LogP contribution in [0.15, 0.2) is 6.20 Å². The number of nitrogens with zero attached hydrogens (tertiary/aromatic N) is 1.